The number of likely N-dealkylation sites (tertiary alicyclic amines) is 1. The summed E-state index contributed by atoms with van der Waals surface area (Å²) in [5, 5.41) is 29.0. The zero-order valence-corrected chi connectivity index (χ0v) is 42.8. The van der Waals surface area contributed by atoms with Gasteiger partial charge in [-0.3, -0.25) is 19.2 Å². The molecule has 1 saturated carbocycles. The maximum Gasteiger partial charge on any atom is 0.251 e. The van der Waals surface area contributed by atoms with Gasteiger partial charge in [-0.25, -0.2) is 4.98 Å². The van der Waals surface area contributed by atoms with Gasteiger partial charge in [-0.05, 0) is 84.1 Å². The number of nitrogens with zero attached hydrogens (tertiary/aromatic N) is 3. The Morgan fingerprint density at radius 3 is 2.15 bits per heavy atom. The summed E-state index contributed by atoms with van der Waals surface area (Å²) in [6.45, 7) is 15.7. The molecule has 3 atom stereocenters. The number of halogens is 1. The first-order valence-corrected chi connectivity index (χ1v) is 24.7. The van der Waals surface area contributed by atoms with Crippen LogP contribution in [-0.2, 0) is 25.7 Å². The van der Waals surface area contributed by atoms with Crippen LogP contribution in [0.5, 0.6) is 23.0 Å². The van der Waals surface area contributed by atoms with Crippen molar-refractivity contribution in [3.05, 3.63) is 124 Å². The predicted octanol–water partition coefficient (Wildman–Crippen LogP) is 8.25. The number of nitrogens with one attached hydrogen (secondary N) is 3. The molecular formula is C54H61ClN6O9S. The van der Waals surface area contributed by atoms with E-state index in [0.29, 0.717) is 39.1 Å². The van der Waals surface area contributed by atoms with Crippen molar-refractivity contribution >= 4 is 46.6 Å². The molecule has 0 spiro atoms. The fraction of sp³-hybridized carbons (Fsp3) is 0.407. The van der Waals surface area contributed by atoms with E-state index in [1.165, 1.54) is 4.90 Å². The fourth-order valence-corrected chi connectivity index (χ4v) is 10.6. The van der Waals surface area contributed by atoms with Crippen molar-refractivity contribution in [3.63, 3.8) is 0 Å². The molecular weight excluding hydrogens is 944 g/mol. The number of aryl methyl sites for hydroxylation is 1. The third-order valence-electron chi connectivity index (χ3n) is 13.0. The van der Waals surface area contributed by atoms with Gasteiger partial charge in [-0.2, -0.15) is 5.26 Å². The molecule has 2 aliphatic rings. The molecule has 7 rings (SSSR count). The summed E-state index contributed by atoms with van der Waals surface area (Å²) >= 11 is 7.81. The lowest BCUT2D eigenvalue weighted by Crippen LogP contribution is -2.74. The van der Waals surface area contributed by atoms with Crippen molar-refractivity contribution in [2.75, 3.05) is 26.4 Å². The number of aromatic nitrogens is 1. The van der Waals surface area contributed by atoms with Crippen LogP contribution < -0.4 is 30.2 Å². The first kappa shape index (κ1) is 52.3. The number of amides is 4. The van der Waals surface area contributed by atoms with Crippen LogP contribution >= 0.6 is 22.9 Å². The van der Waals surface area contributed by atoms with E-state index in [2.05, 4.69) is 54.7 Å². The summed E-state index contributed by atoms with van der Waals surface area (Å²) in [4.78, 5) is 60.7. The highest BCUT2D eigenvalue weighted by atomic mass is 35.5. The molecule has 4 N–H and O–H groups in total. The van der Waals surface area contributed by atoms with Crippen LogP contribution in [0.4, 0.5) is 0 Å². The summed E-state index contributed by atoms with van der Waals surface area (Å²) in [6, 6.07) is 26.6. The number of carbonyl (C=O) groups excluding carboxylic acids is 4. The molecule has 2 heterocycles. The van der Waals surface area contributed by atoms with E-state index in [1.54, 1.807) is 83.6 Å². The average Bonchev–Trinajstić information content (AvgIpc) is 3.95. The van der Waals surface area contributed by atoms with Crippen molar-refractivity contribution in [2.45, 2.75) is 98.7 Å². The number of aliphatic hydroxyl groups is 1. The van der Waals surface area contributed by atoms with E-state index < -0.39 is 46.2 Å². The van der Waals surface area contributed by atoms with Gasteiger partial charge in [0.25, 0.3) is 5.91 Å². The third-order valence-corrected chi connectivity index (χ3v) is 14.3. The van der Waals surface area contributed by atoms with Crippen molar-refractivity contribution in [3.8, 4) is 39.5 Å². The molecule has 4 amide bonds. The largest absolute Gasteiger partial charge is 0.491 e. The van der Waals surface area contributed by atoms with Crippen molar-refractivity contribution in [1.82, 2.24) is 25.8 Å². The Bertz CT molecular complexity index is 2730. The molecule has 0 radical (unpaired) electrons. The average molecular weight is 1010 g/mol. The lowest BCUT2D eigenvalue weighted by molar-refractivity contribution is -0.164. The lowest BCUT2D eigenvalue weighted by Gasteiger charge is -2.63. The molecule has 4 aromatic carbocycles. The van der Waals surface area contributed by atoms with Crippen LogP contribution in [0.15, 0.2) is 96.5 Å². The van der Waals surface area contributed by atoms with E-state index in [4.69, 9.17) is 30.5 Å². The number of nitriles is 1. The third kappa shape index (κ3) is 12.3. The van der Waals surface area contributed by atoms with E-state index in [-0.39, 0.29) is 63.3 Å². The molecule has 5 aromatic rings. The first-order valence-electron chi connectivity index (χ1n) is 23.5. The molecule has 0 bridgehead atoms. The van der Waals surface area contributed by atoms with E-state index in [9.17, 15) is 29.5 Å². The maximum atomic E-state index is 14.0. The first-order chi connectivity index (χ1) is 33.6. The summed E-state index contributed by atoms with van der Waals surface area (Å²) in [6.07, 6.45) is -1.03. The molecule has 1 unspecified atom stereocenters. The molecule has 15 nitrogen and oxygen atoms in total. The Kier molecular flexibility index (Phi) is 16.1. The molecule has 1 aliphatic heterocycles. The molecule has 2 fully saturated rings. The van der Waals surface area contributed by atoms with Crippen molar-refractivity contribution < 1.29 is 43.2 Å². The zero-order valence-electron chi connectivity index (χ0n) is 41.2. The molecule has 1 saturated heterocycles. The number of ether oxygens (including phenoxy) is 4. The summed E-state index contributed by atoms with van der Waals surface area (Å²) < 4.78 is 23.8. The maximum absolute atomic E-state index is 14.0. The summed E-state index contributed by atoms with van der Waals surface area (Å²) in [5.74, 6) is 0.633. The molecule has 17 heteroatoms. The second-order valence-corrected chi connectivity index (χ2v) is 21.5. The van der Waals surface area contributed by atoms with Gasteiger partial charge in [0.05, 0.1) is 39.4 Å². The number of rotatable bonds is 18. The highest BCUT2D eigenvalue weighted by Crippen LogP contribution is 2.55. The van der Waals surface area contributed by atoms with E-state index >= 15 is 0 Å². The fourth-order valence-electron chi connectivity index (χ4n) is 9.59. The Morgan fingerprint density at radius 1 is 0.915 bits per heavy atom. The number of carbonyl (C=O) groups is 4. The highest BCUT2D eigenvalue weighted by molar-refractivity contribution is 7.13. The monoisotopic (exact) mass is 1000 g/mol. The number of benzene rings is 4. The summed E-state index contributed by atoms with van der Waals surface area (Å²) in [5.41, 5.74) is 4.00. The van der Waals surface area contributed by atoms with Gasteiger partial charge < -0.3 is 44.9 Å². The number of β-amino-alcohol motifs (C(OH)–C–C–N with tert-alkyl or cyclic N) is 1. The predicted molar refractivity (Wildman–Crippen MR) is 270 cm³/mol. The number of hydrogen-bond acceptors (Lipinski definition) is 12. The van der Waals surface area contributed by atoms with Gasteiger partial charge in [-0.15, -0.1) is 11.3 Å². The minimum absolute atomic E-state index is 0.0330. The smallest absolute Gasteiger partial charge is 0.251 e. The Balaban J connectivity index is 0.823. The molecule has 71 heavy (non-hydrogen) atoms. The normalized spacial score (nSPS) is 19.4. The van der Waals surface area contributed by atoms with Gasteiger partial charge in [0.1, 0.15) is 60.5 Å². The highest BCUT2D eigenvalue weighted by Gasteiger charge is 2.64. The van der Waals surface area contributed by atoms with Gasteiger partial charge in [0.15, 0.2) is 0 Å². The van der Waals surface area contributed by atoms with E-state index in [0.717, 1.165) is 21.7 Å². The number of aliphatic hydroxyl groups excluding tert-OH is 1. The van der Waals surface area contributed by atoms with Crippen LogP contribution in [-0.4, -0.2) is 95.3 Å². The van der Waals surface area contributed by atoms with Gasteiger partial charge in [-0.1, -0.05) is 84.3 Å². The second kappa shape index (κ2) is 21.9. The summed E-state index contributed by atoms with van der Waals surface area (Å²) in [7, 11) is 0. The van der Waals surface area contributed by atoms with Crippen LogP contribution in [0.25, 0.3) is 10.4 Å². The molecule has 1 aromatic heterocycles. The van der Waals surface area contributed by atoms with Gasteiger partial charge in [0.2, 0.25) is 17.7 Å². The van der Waals surface area contributed by atoms with Gasteiger partial charge >= 0.3 is 0 Å². The van der Waals surface area contributed by atoms with Gasteiger partial charge in [0, 0.05) is 48.0 Å². The molecule has 1 aliphatic carbocycles. The quantitative estimate of drug-likeness (QED) is 0.0616. The second-order valence-electron chi connectivity index (χ2n) is 20.2. The van der Waals surface area contributed by atoms with Crippen molar-refractivity contribution in [2.24, 2.45) is 16.2 Å². The van der Waals surface area contributed by atoms with Crippen LogP contribution in [0, 0.1) is 34.5 Å². The lowest BCUT2D eigenvalue weighted by atomic mass is 9.49. The number of hydrogen-bond donors (Lipinski definition) is 4. The Hall–Kier alpha value is -6.51. The Labute approximate surface area is 423 Å². The van der Waals surface area contributed by atoms with Crippen LogP contribution in [0.3, 0.4) is 0 Å². The number of thiazole rings is 1. The van der Waals surface area contributed by atoms with Crippen LogP contribution in [0.2, 0.25) is 5.02 Å². The minimum atomic E-state index is -0.993. The molecule has 374 valence electrons. The topological polar surface area (TPSA) is 201 Å². The van der Waals surface area contributed by atoms with Crippen molar-refractivity contribution in [1.29, 1.82) is 5.26 Å². The Morgan fingerprint density at radius 2 is 1.55 bits per heavy atom. The standard InChI is InChI=1S/C54H61ClN6O9S/c1-32-45(71-31-58-32)34-11-9-33(10-12-34)28-57-48(65)43-25-37(62)29-61(43)49(66)46(52(2,3)4)59-44(63)30-67-23-24-68-38-19-21-40(22-20-38)69-39-16-13-35(14-17-39)47(64)60-50-53(5,6)51(54(50,7)8)70-41-18-15-36(27-56)42(55)26-41/h9-22,26,31,37,43,46,50-51,62H,23-25,28-30H2,1-8H3,(H,57,65)(H,59,63)(H,60,64)/t37-,43+,46?,50?,51?/m1/s1. The zero-order chi connectivity index (χ0) is 51.3. The van der Waals surface area contributed by atoms with Crippen LogP contribution in [0.1, 0.15) is 82.1 Å². The SMILES string of the molecule is Cc1ncsc1-c1ccc(CNC(=O)[C@@H]2C[C@@H](O)CN2C(=O)C(NC(=O)COCCOc2ccc(Oc3ccc(C(=O)NC4C(C)(C)C(Oc5ccc(C#N)c(Cl)c5)C4(C)C)cc3)cc2)C(C)(C)C)cc1. The van der Waals surface area contributed by atoms with E-state index in [1.807, 2.05) is 52.0 Å². The minimum Gasteiger partial charge on any atom is -0.491 e.